The second kappa shape index (κ2) is 7.75. The fraction of sp³-hybridized carbons (Fsp3) is 0.926. The van der Waals surface area contributed by atoms with Gasteiger partial charge in [0.15, 0.2) is 0 Å². The van der Waals surface area contributed by atoms with Gasteiger partial charge in [0, 0.05) is 0 Å². The second-order valence-corrected chi connectivity index (χ2v) is 12.2. The van der Waals surface area contributed by atoms with Crippen LogP contribution < -0.4 is 0 Å². The highest BCUT2D eigenvalue weighted by atomic mass is 16.3. The zero-order valence-electron chi connectivity index (χ0n) is 19.3. The Morgan fingerprint density at radius 1 is 1.00 bits per heavy atom. The van der Waals surface area contributed by atoms with E-state index >= 15 is 0 Å². The van der Waals surface area contributed by atoms with Crippen LogP contribution in [0.15, 0.2) is 11.6 Å². The van der Waals surface area contributed by atoms with E-state index in [2.05, 4.69) is 40.7 Å². The fourth-order valence-electron chi connectivity index (χ4n) is 8.67. The molecule has 1 N–H and O–H groups in total. The number of aliphatic hydroxyl groups excluding tert-OH is 1. The van der Waals surface area contributed by atoms with Crippen LogP contribution in [-0.2, 0) is 0 Å². The van der Waals surface area contributed by atoms with Gasteiger partial charge >= 0.3 is 0 Å². The number of aliphatic hydroxyl groups is 1. The van der Waals surface area contributed by atoms with Crippen molar-refractivity contribution in [2.45, 2.75) is 111 Å². The first-order valence-electron chi connectivity index (χ1n) is 12.6. The second-order valence-electron chi connectivity index (χ2n) is 12.2. The minimum atomic E-state index is -0.0766. The summed E-state index contributed by atoms with van der Waals surface area (Å²) in [7, 11) is 0. The van der Waals surface area contributed by atoms with E-state index in [9.17, 15) is 5.11 Å². The minimum absolute atomic E-state index is 0.0766. The minimum Gasteiger partial charge on any atom is -0.393 e. The molecule has 0 aromatic carbocycles. The molecule has 1 heteroatoms. The normalized spacial score (nSPS) is 46.5. The first kappa shape index (κ1) is 21.0. The Labute approximate surface area is 174 Å². The third-order valence-electron chi connectivity index (χ3n) is 10.3. The molecule has 3 saturated carbocycles. The number of fused-ring (bicyclic) bond motifs is 5. The van der Waals surface area contributed by atoms with Gasteiger partial charge in [0.05, 0.1) is 6.10 Å². The van der Waals surface area contributed by atoms with Crippen LogP contribution in [0, 0.1) is 46.3 Å². The maximum atomic E-state index is 10.2. The van der Waals surface area contributed by atoms with E-state index in [1.807, 2.05) is 0 Å². The molecule has 0 heterocycles. The van der Waals surface area contributed by atoms with Crippen LogP contribution in [0.4, 0.5) is 0 Å². The molecule has 160 valence electrons. The third-order valence-corrected chi connectivity index (χ3v) is 10.3. The Balaban J connectivity index is 1.49. The topological polar surface area (TPSA) is 20.2 Å². The van der Waals surface area contributed by atoms with Crippen LogP contribution >= 0.6 is 0 Å². The third kappa shape index (κ3) is 3.42. The standard InChI is InChI=1S/C27H46O/c1-18(2)7-6-8-19(3)23-11-12-24-22-10-9-20-17-21(28)13-15-26(20,4)25(22)14-16-27(23,24)5/h9,18-19,21-25,28H,6-8,10-17H2,1-5H3/t19-,21+,22-,23-,24-,25-,26+,27-/m0/s1. The number of hydrogen-bond acceptors (Lipinski definition) is 1. The highest BCUT2D eigenvalue weighted by Crippen LogP contribution is 2.67. The maximum absolute atomic E-state index is 10.2. The van der Waals surface area contributed by atoms with Crippen molar-refractivity contribution in [3.63, 3.8) is 0 Å². The zero-order chi connectivity index (χ0) is 20.1. The van der Waals surface area contributed by atoms with E-state index in [1.54, 1.807) is 5.57 Å². The van der Waals surface area contributed by atoms with Gasteiger partial charge in [-0.2, -0.15) is 0 Å². The highest BCUT2D eigenvalue weighted by molar-refractivity contribution is 5.25. The summed E-state index contributed by atoms with van der Waals surface area (Å²) >= 11 is 0. The van der Waals surface area contributed by atoms with Crippen LogP contribution in [0.3, 0.4) is 0 Å². The lowest BCUT2D eigenvalue weighted by Crippen LogP contribution is -2.50. The smallest absolute Gasteiger partial charge is 0.0577 e. The van der Waals surface area contributed by atoms with Crippen molar-refractivity contribution in [3.05, 3.63) is 11.6 Å². The van der Waals surface area contributed by atoms with Gasteiger partial charge in [-0.3, -0.25) is 0 Å². The largest absolute Gasteiger partial charge is 0.393 e. The summed E-state index contributed by atoms with van der Waals surface area (Å²) in [5.74, 6) is 5.46. The van der Waals surface area contributed by atoms with Gasteiger partial charge in [0.2, 0.25) is 0 Å². The molecule has 8 atom stereocenters. The Morgan fingerprint density at radius 3 is 2.54 bits per heavy atom. The molecule has 0 aromatic rings. The molecule has 0 aromatic heterocycles. The molecule has 1 nitrogen and oxygen atoms in total. The maximum Gasteiger partial charge on any atom is 0.0577 e. The summed E-state index contributed by atoms with van der Waals surface area (Å²) in [4.78, 5) is 0. The van der Waals surface area contributed by atoms with Gasteiger partial charge in [-0.05, 0) is 97.7 Å². The SMILES string of the molecule is CC(C)CCC[C@H](C)[C@@H]1CC[C@H]2[C@@H]3CC=C4C[C@H](O)CC[C@@]4(C)[C@H]3CC[C@]21C. The molecule has 0 amide bonds. The molecule has 3 fully saturated rings. The van der Waals surface area contributed by atoms with Crippen LogP contribution in [-0.4, -0.2) is 11.2 Å². The Hall–Kier alpha value is -0.300. The molecule has 4 aliphatic rings. The molecule has 4 aliphatic carbocycles. The molecule has 0 aliphatic heterocycles. The van der Waals surface area contributed by atoms with Gasteiger partial charge in [-0.1, -0.05) is 65.5 Å². The fourth-order valence-corrected chi connectivity index (χ4v) is 8.67. The lowest BCUT2D eigenvalue weighted by atomic mass is 9.47. The quantitative estimate of drug-likeness (QED) is 0.488. The first-order chi connectivity index (χ1) is 13.3. The predicted molar refractivity (Wildman–Crippen MR) is 119 cm³/mol. The molecule has 0 saturated heterocycles. The van der Waals surface area contributed by atoms with Crippen LogP contribution in [0.1, 0.15) is 105 Å². The highest BCUT2D eigenvalue weighted by Gasteiger charge is 2.59. The van der Waals surface area contributed by atoms with Crippen molar-refractivity contribution in [2.75, 3.05) is 0 Å². The van der Waals surface area contributed by atoms with Crippen LogP contribution in [0.5, 0.6) is 0 Å². The van der Waals surface area contributed by atoms with E-state index < -0.39 is 0 Å². The van der Waals surface area contributed by atoms with Gasteiger partial charge in [0.1, 0.15) is 0 Å². The van der Waals surface area contributed by atoms with Crippen molar-refractivity contribution in [1.82, 2.24) is 0 Å². The number of hydrogen-bond donors (Lipinski definition) is 1. The lowest BCUT2D eigenvalue weighted by molar-refractivity contribution is -0.0573. The Morgan fingerprint density at radius 2 is 1.79 bits per heavy atom. The predicted octanol–water partition coefficient (Wildman–Crippen LogP) is 7.39. The zero-order valence-corrected chi connectivity index (χ0v) is 19.3. The van der Waals surface area contributed by atoms with Crippen LogP contribution in [0.25, 0.3) is 0 Å². The summed E-state index contributed by atoms with van der Waals surface area (Å²) in [6, 6.07) is 0. The average Bonchev–Trinajstić information content (AvgIpc) is 2.99. The number of rotatable bonds is 5. The van der Waals surface area contributed by atoms with Gasteiger partial charge in [-0.15, -0.1) is 0 Å². The van der Waals surface area contributed by atoms with E-state index in [4.69, 9.17) is 0 Å². The van der Waals surface area contributed by atoms with Crippen LogP contribution in [0.2, 0.25) is 0 Å². The van der Waals surface area contributed by atoms with Crippen molar-refractivity contribution >= 4 is 0 Å². The summed E-state index contributed by atoms with van der Waals surface area (Å²) in [5, 5.41) is 10.2. The lowest BCUT2D eigenvalue weighted by Gasteiger charge is -2.58. The monoisotopic (exact) mass is 386 g/mol. The molecular weight excluding hydrogens is 340 g/mol. The molecule has 0 radical (unpaired) electrons. The van der Waals surface area contributed by atoms with Crippen molar-refractivity contribution in [3.8, 4) is 0 Å². The summed E-state index contributed by atoms with van der Waals surface area (Å²) in [5.41, 5.74) is 2.60. The summed E-state index contributed by atoms with van der Waals surface area (Å²) in [6.07, 6.45) is 17.2. The van der Waals surface area contributed by atoms with E-state index in [1.165, 1.54) is 57.8 Å². The molecule has 28 heavy (non-hydrogen) atoms. The van der Waals surface area contributed by atoms with E-state index in [0.717, 1.165) is 48.3 Å². The van der Waals surface area contributed by atoms with Gasteiger partial charge in [-0.25, -0.2) is 0 Å². The summed E-state index contributed by atoms with van der Waals surface area (Å²) in [6.45, 7) is 12.6. The Kier molecular flexibility index (Phi) is 5.80. The van der Waals surface area contributed by atoms with E-state index in [0.29, 0.717) is 10.8 Å². The van der Waals surface area contributed by atoms with Crippen molar-refractivity contribution in [2.24, 2.45) is 46.3 Å². The molecule has 4 rings (SSSR count). The molecular formula is C27H46O. The Bertz CT molecular complexity index is 591. The first-order valence-corrected chi connectivity index (χ1v) is 12.6. The van der Waals surface area contributed by atoms with Gasteiger partial charge in [0.25, 0.3) is 0 Å². The number of allylic oxidation sites excluding steroid dienone is 1. The van der Waals surface area contributed by atoms with E-state index in [-0.39, 0.29) is 6.10 Å². The van der Waals surface area contributed by atoms with Gasteiger partial charge < -0.3 is 5.11 Å². The molecule has 0 bridgehead atoms. The summed E-state index contributed by atoms with van der Waals surface area (Å²) < 4.78 is 0. The average molecular weight is 387 g/mol. The van der Waals surface area contributed by atoms with Crippen molar-refractivity contribution in [1.29, 1.82) is 0 Å². The van der Waals surface area contributed by atoms with Crippen molar-refractivity contribution < 1.29 is 5.11 Å². The molecule has 0 unspecified atom stereocenters. The molecule has 0 spiro atoms.